The third kappa shape index (κ3) is 5.65. The Kier molecular flexibility index (Phi) is 7.53. The molecule has 170 valence electrons. The van der Waals surface area contributed by atoms with Crippen LogP contribution in [0.5, 0.6) is 11.5 Å². The fourth-order valence-electron chi connectivity index (χ4n) is 2.86. The second kappa shape index (κ2) is 10.2. The lowest BCUT2D eigenvalue weighted by Gasteiger charge is -2.40. The molecule has 0 aliphatic carbocycles. The van der Waals surface area contributed by atoms with E-state index >= 15 is 0 Å². The van der Waals surface area contributed by atoms with Crippen LogP contribution in [0.15, 0.2) is 77.9 Å². The number of rotatable bonds is 8. The van der Waals surface area contributed by atoms with Gasteiger partial charge in [-0.15, -0.1) is 5.10 Å². The number of anilines is 1. The minimum Gasteiger partial charge on any atom is -0.497 e. The second-order valence-corrected chi connectivity index (χ2v) is 28.0. The third-order valence-corrected chi connectivity index (χ3v) is 35.8. The maximum atomic E-state index is 11.0. The Balaban J connectivity index is 1.34. The van der Waals surface area contributed by atoms with Gasteiger partial charge in [-0.05, 0) is 66.7 Å². The monoisotopic (exact) mass is 552 g/mol. The first-order chi connectivity index (χ1) is 15.8. The van der Waals surface area contributed by atoms with Gasteiger partial charge < -0.3 is 14.6 Å². The molecule has 0 aromatic heterocycles. The molecule has 0 unspecified atom stereocenters. The van der Waals surface area contributed by atoms with Crippen molar-refractivity contribution >= 4 is 83.2 Å². The van der Waals surface area contributed by atoms with Crippen LogP contribution in [-0.4, -0.2) is 24.6 Å². The summed E-state index contributed by atoms with van der Waals surface area (Å²) in [7, 11) is 1.65. The molecule has 0 atom stereocenters. The zero-order valence-electron chi connectivity index (χ0n) is 17.2. The highest BCUT2D eigenvalue weighted by molar-refractivity contribution is 9.48. The van der Waals surface area contributed by atoms with Crippen molar-refractivity contribution in [1.82, 2.24) is 0 Å². The summed E-state index contributed by atoms with van der Waals surface area (Å²) >= 11 is 15.5. The van der Waals surface area contributed by atoms with Crippen LogP contribution in [0.3, 0.4) is 0 Å². The first-order valence-electron chi connectivity index (χ1n) is 9.47. The minimum absolute atomic E-state index is 0.178. The molecule has 1 aliphatic rings. The predicted molar refractivity (Wildman–Crippen MR) is 149 cm³/mol. The lowest BCUT2D eigenvalue weighted by molar-refractivity contribution is 0.0697. The molecule has 3 aromatic carbocycles. The van der Waals surface area contributed by atoms with Crippen molar-refractivity contribution in [3.8, 4) is 11.5 Å². The molecule has 1 saturated heterocycles. The summed E-state index contributed by atoms with van der Waals surface area (Å²) in [6.07, 6.45) is 1.26. The first kappa shape index (κ1) is 24.3. The standard InChI is InChI=1S/C21H18N2O4P2S4/c1-26-17-5-9-19(10-6-17)28(30)32-29(31,33-28)20-11-7-18(8-12-20)27-14-22-23-16-4-2-3-15(13-16)21(24)25/h2-14,23H,1H3,(H,24,25). The normalized spacial score (nSPS) is 21.8. The molecule has 4 rings (SSSR count). The van der Waals surface area contributed by atoms with Crippen LogP contribution >= 0.6 is 30.9 Å². The number of nitrogens with one attached hydrogen (secondary N) is 1. The summed E-state index contributed by atoms with van der Waals surface area (Å²) in [6, 6.07) is 22.0. The summed E-state index contributed by atoms with van der Waals surface area (Å²) in [5.74, 6) is 0.442. The second-order valence-electron chi connectivity index (χ2n) is 6.70. The Morgan fingerprint density at radius 3 is 2.09 bits per heavy atom. The van der Waals surface area contributed by atoms with Crippen molar-refractivity contribution in [1.29, 1.82) is 0 Å². The highest BCUT2D eigenvalue weighted by atomic mass is 33.7. The number of carboxylic acid groups (broad SMARTS) is 1. The predicted octanol–water partition coefficient (Wildman–Crippen LogP) is 5.88. The van der Waals surface area contributed by atoms with Gasteiger partial charge >= 0.3 is 5.97 Å². The Labute approximate surface area is 209 Å². The Morgan fingerprint density at radius 1 is 0.970 bits per heavy atom. The van der Waals surface area contributed by atoms with Gasteiger partial charge in [-0.1, -0.05) is 51.7 Å². The molecule has 12 heteroatoms. The third-order valence-electron chi connectivity index (χ3n) is 4.52. The van der Waals surface area contributed by atoms with Crippen LogP contribution in [0.4, 0.5) is 5.69 Å². The number of nitrogens with zero attached hydrogens (tertiary/aromatic N) is 1. The molecule has 0 saturated carbocycles. The highest BCUT2D eigenvalue weighted by Crippen LogP contribution is 3.04. The van der Waals surface area contributed by atoms with E-state index in [1.807, 2.05) is 48.5 Å². The van der Waals surface area contributed by atoms with Crippen molar-refractivity contribution < 1.29 is 19.4 Å². The zero-order valence-corrected chi connectivity index (χ0v) is 22.2. The molecule has 6 nitrogen and oxygen atoms in total. The maximum absolute atomic E-state index is 11.0. The Bertz CT molecular complexity index is 1290. The van der Waals surface area contributed by atoms with Crippen molar-refractivity contribution in [2.45, 2.75) is 0 Å². The van der Waals surface area contributed by atoms with E-state index in [0.29, 0.717) is 11.4 Å². The molecule has 0 radical (unpaired) electrons. The number of benzene rings is 3. The van der Waals surface area contributed by atoms with Crippen LogP contribution in [0.25, 0.3) is 0 Å². The summed E-state index contributed by atoms with van der Waals surface area (Å²) in [5.41, 5.74) is 3.47. The number of ether oxygens (including phenoxy) is 2. The van der Waals surface area contributed by atoms with E-state index in [2.05, 4.69) is 10.5 Å². The van der Waals surface area contributed by atoms with E-state index in [1.54, 1.807) is 41.2 Å². The van der Waals surface area contributed by atoms with E-state index in [4.69, 9.17) is 38.2 Å². The van der Waals surface area contributed by atoms with Crippen molar-refractivity contribution in [2.24, 2.45) is 5.10 Å². The Morgan fingerprint density at radius 2 is 1.55 bits per heavy atom. The fourth-order valence-corrected chi connectivity index (χ4v) is 45.1. The molecular formula is C21H18N2O4P2S4. The van der Waals surface area contributed by atoms with Crippen LogP contribution in [0.2, 0.25) is 0 Å². The smallest absolute Gasteiger partial charge is 0.335 e. The van der Waals surface area contributed by atoms with E-state index < -0.39 is 14.9 Å². The van der Waals surface area contributed by atoms with E-state index in [9.17, 15) is 4.79 Å². The van der Waals surface area contributed by atoms with Gasteiger partial charge in [-0.3, -0.25) is 5.43 Å². The van der Waals surface area contributed by atoms with Crippen LogP contribution < -0.4 is 25.5 Å². The van der Waals surface area contributed by atoms with Gasteiger partial charge in [0.05, 0.1) is 27.2 Å². The SMILES string of the molecule is COc1ccc(P2(=S)SP(=S)(c3ccc(OC=NNc4cccc(C(=O)O)c4)cc3)S2)cc1. The molecule has 0 spiro atoms. The number of aromatic carboxylic acids is 1. The topological polar surface area (TPSA) is 80.2 Å². The summed E-state index contributed by atoms with van der Waals surface area (Å²) < 4.78 is 7.16. The lowest BCUT2D eigenvalue weighted by atomic mass is 10.2. The Hall–Kier alpha value is -1.80. The number of carboxylic acids is 1. The van der Waals surface area contributed by atoms with Gasteiger partial charge in [-0.2, -0.15) is 0 Å². The van der Waals surface area contributed by atoms with Gasteiger partial charge in [0.2, 0.25) is 0 Å². The highest BCUT2D eigenvalue weighted by Gasteiger charge is 2.45. The molecule has 1 fully saturated rings. The first-order valence-corrected chi connectivity index (χ1v) is 19.1. The molecule has 1 aliphatic heterocycles. The lowest BCUT2D eigenvalue weighted by Crippen LogP contribution is -2.09. The van der Waals surface area contributed by atoms with Crippen molar-refractivity contribution in [3.05, 3.63) is 78.4 Å². The minimum atomic E-state index is -1.82. The summed E-state index contributed by atoms with van der Waals surface area (Å²) in [6.45, 7) is 0. The number of hydrogen-bond acceptors (Lipinski definition) is 9. The van der Waals surface area contributed by atoms with Crippen LogP contribution in [0.1, 0.15) is 10.4 Å². The molecule has 0 amide bonds. The van der Waals surface area contributed by atoms with Crippen LogP contribution in [-0.2, 0) is 23.6 Å². The average molecular weight is 553 g/mol. The van der Waals surface area contributed by atoms with Crippen molar-refractivity contribution in [3.63, 3.8) is 0 Å². The average Bonchev–Trinajstić information content (AvgIpc) is 2.81. The van der Waals surface area contributed by atoms with E-state index in [-0.39, 0.29) is 5.56 Å². The summed E-state index contributed by atoms with van der Waals surface area (Å²) in [5, 5.41) is 15.3. The number of methoxy groups -OCH3 is 1. The molecular weight excluding hydrogens is 534 g/mol. The molecule has 0 bridgehead atoms. The molecule has 33 heavy (non-hydrogen) atoms. The van der Waals surface area contributed by atoms with E-state index in [0.717, 1.165) is 16.4 Å². The van der Waals surface area contributed by atoms with Gasteiger partial charge in [0.25, 0.3) is 0 Å². The van der Waals surface area contributed by atoms with Gasteiger partial charge in [0.1, 0.15) is 11.5 Å². The molecule has 1 heterocycles. The number of hydrazone groups is 1. The molecule has 2 N–H and O–H groups in total. The van der Waals surface area contributed by atoms with Crippen LogP contribution in [0, 0.1) is 0 Å². The molecule has 3 aromatic rings. The van der Waals surface area contributed by atoms with Gasteiger partial charge in [0, 0.05) is 10.6 Å². The number of hydrogen-bond donors (Lipinski definition) is 2. The summed E-state index contributed by atoms with van der Waals surface area (Å²) in [4.78, 5) is 11.0. The fraction of sp³-hybridized carbons (Fsp3) is 0.0476. The maximum Gasteiger partial charge on any atom is 0.335 e. The van der Waals surface area contributed by atoms with E-state index in [1.165, 1.54) is 18.5 Å². The number of carbonyl (C=O) groups is 1. The zero-order chi connectivity index (χ0) is 23.5. The largest absolute Gasteiger partial charge is 0.497 e. The quantitative estimate of drug-likeness (QED) is 0.154. The van der Waals surface area contributed by atoms with Crippen molar-refractivity contribution in [2.75, 3.05) is 12.5 Å². The van der Waals surface area contributed by atoms with Gasteiger partial charge in [-0.25, -0.2) is 4.79 Å². The van der Waals surface area contributed by atoms with Gasteiger partial charge in [0.15, 0.2) is 6.40 Å².